The molecule has 342 valence electrons. The van der Waals surface area contributed by atoms with Gasteiger partial charge < -0.3 is 19.3 Å². The van der Waals surface area contributed by atoms with Gasteiger partial charge in [0.2, 0.25) is 0 Å². The van der Waals surface area contributed by atoms with Gasteiger partial charge in [-0.15, -0.1) is 0 Å². The molecule has 0 radical (unpaired) electrons. The van der Waals surface area contributed by atoms with Crippen LogP contribution < -0.4 is 0 Å². The van der Waals surface area contributed by atoms with Crippen LogP contribution in [0.4, 0.5) is 0 Å². The lowest BCUT2D eigenvalue weighted by Crippen LogP contribution is -2.49. The molecule has 1 fully saturated rings. The highest BCUT2D eigenvalue weighted by atomic mass is 16.5. The van der Waals surface area contributed by atoms with Gasteiger partial charge in [0.05, 0.1) is 12.2 Å². The molecule has 3 unspecified atom stereocenters. The third kappa shape index (κ3) is 35.1. The average molecular weight is 806 g/mol. The predicted molar refractivity (Wildman–Crippen MR) is 254 cm³/mol. The van der Waals surface area contributed by atoms with Crippen LogP contribution in [0, 0.1) is 5.92 Å². The zero-order chi connectivity index (χ0) is 41.3. The van der Waals surface area contributed by atoms with E-state index in [0.29, 0.717) is 12.2 Å². The van der Waals surface area contributed by atoms with E-state index in [1.807, 2.05) is 0 Å². The lowest BCUT2D eigenvalue weighted by Gasteiger charge is -2.36. The predicted octanol–water partition coefficient (Wildman–Crippen LogP) is 14.9. The van der Waals surface area contributed by atoms with Crippen molar-refractivity contribution in [3.05, 3.63) is 0 Å². The Bertz CT molecular complexity index is 774. The first kappa shape index (κ1) is 54.8. The maximum atomic E-state index is 6.57. The van der Waals surface area contributed by atoms with Gasteiger partial charge in [-0.3, -0.25) is 4.90 Å². The van der Waals surface area contributed by atoms with E-state index in [9.17, 15) is 0 Å². The van der Waals surface area contributed by atoms with Crippen molar-refractivity contribution in [2.45, 2.75) is 259 Å². The topological polar surface area (TPSA) is 28.2 Å². The van der Waals surface area contributed by atoms with Crippen molar-refractivity contribution in [2.75, 3.05) is 72.6 Å². The lowest BCUT2D eigenvalue weighted by atomic mass is 9.89. The highest BCUT2D eigenvalue weighted by molar-refractivity contribution is 4.76. The number of hydrogen-bond acceptors (Lipinski definition) is 5. The Labute approximate surface area is 360 Å². The first-order valence-electron chi connectivity index (χ1n) is 26.4. The summed E-state index contributed by atoms with van der Waals surface area (Å²) >= 11 is 0. The van der Waals surface area contributed by atoms with E-state index in [1.54, 1.807) is 0 Å². The maximum absolute atomic E-state index is 6.57. The fraction of sp³-hybridized carbons (Fsp3) is 1.00. The SMILES string of the molecule is CCCCCCCCC(CCCCCC)CCCCCCN(CCCCCCOC(CCCCCC)CCCCCCCC)CC(CN1CCN(C)CC1)OCC. The average Bonchev–Trinajstić information content (AvgIpc) is 3.21. The van der Waals surface area contributed by atoms with Crippen molar-refractivity contribution < 1.29 is 9.47 Å². The Kier molecular flexibility index (Phi) is 40.9. The summed E-state index contributed by atoms with van der Waals surface area (Å²) in [5.41, 5.74) is 0. The van der Waals surface area contributed by atoms with Gasteiger partial charge in [0.25, 0.3) is 0 Å². The van der Waals surface area contributed by atoms with Crippen LogP contribution in [-0.4, -0.2) is 99.5 Å². The van der Waals surface area contributed by atoms with Gasteiger partial charge >= 0.3 is 0 Å². The van der Waals surface area contributed by atoms with Gasteiger partial charge in [0, 0.05) is 52.5 Å². The van der Waals surface area contributed by atoms with E-state index >= 15 is 0 Å². The van der Waals surface area contributed by atoms with Crippen molar-refractivity contribution in [2.24, 2.45) is 5.92 Å². The molecule has 57 heavy (non-hydrogen) atoms. The molecule has 0 aromatic carbocycles. The summed E-state index contributed by atoms with van der Waals surface area (Å²) in [7, 11) is 2.26. The summed E-state index contributed by atoms with van der Waals surface area (Å²) in [6, 6.07) is 0. The standard InChI is InChI=1S/C52H107N3O2/c1-7-12-16-20-22-29-37-50(36-28-18-14-9-3)38-30-24-25-33-41-54(48-52(56-11-5)49-55-45-43-53(6)44-46-55)42-34-26-27-35-47-57-51(39-31-19-15-10-4)40-32-23-21-17-13-8-2/h50-52H,7-49H2,1-6H3. The fourth-order valence-electron chi connectivity index (χ4n) is 9.23. The van der Waals surface area contributed by atoms with Crippen molar-refractivity contribution in [1.29, 1.82) is 0 Å². The quantitative estimate of drug-likeness (QED) is 0.0572. The second-order valence-corrected chi connectivity index (χ2v) is 18.8. The molecule has 0 saturated carbocycles. The molecule has 0 aromatic rings. The highest BCUT2D eigenvalue weighted by Gasteiger charge is 2.21. The minimum atomic E-state index is 0.322. The molecule has 0 spiro atoms. The number of piperazine rings is 1. The van der Waals surface area contributed by atoms with E-state index in [2.05, 4.69) is 56.4 Å². The summed E-state index contributed by atoms with van der Waals surface area (Å²) in [4.78, 5) is 7.93. The van der Waals surface area contributed by atoms with E-state index in [4.69, 9.17) is 9.47 Å². The van der Waals surface area contributed by atoms with Gasteiger partial charge in [0.1, 0.15) is 0 Å². The van der Waals surface area contributed by atoms with E-state index in [0.717, 1.165) is 32.2 Å². The van der Waals surface area contributed by atoms with Crippen LogP contribution in [0.5, 0.6) is 0 Å². The molecule has 5 nitrogen and oxygen atoms in total. The highest BCUT2D eigenvalue weighted by Crippen LogP contribution is 2.25. The normalized spacial score (nSPS) is 15.8. The van der Waals surface area contributed by atoms with E-state index in [-0.39, 0.29) is 0 Å². The second kappa shape index (κ2) is 42.5. The first-order chi connectivity index (χ1) is 28.1. The molecule has 0 aromatic heterocycles. The monoisotopic (exact) mass is 806 g/mol. The maximum Gasteiger partial charge on any atom is 0.0828 e. The van der Waals surface area contributed by atoms with Crippen LogP contribution in [0.1, 0.15) is 247 Å². The van der Waals surface area contributed by atoms with Gasteiger partial charge in [-0.1, -0.05) is 207 Å². The Hall–Kier alpha value is -0.200. The molecule has 0 amide bonds. The van der Waals surface area contributed by atoms with Crippen LogP contribution in [0.15, 0.2) is 0 Å². The Morgan fingerprint density at radius 1 is 0.421 bits per heavy atom. The third-order valence-corrected chi connectivity index (χ3v) is 13.2. The third-order valence-electron chi connectivity index (χ3n) is 13.2. The fourth-order valence-corrected chi connectivity index (χ4v) is 9.23. The molecule has 5 heteroatoms. The van der Waals surface area contributed by atoms with Gasteiger partial charge in [-0.25, -0.2) is 0 Å². The van der Waals surface area contributed by atoms with Crippen LogP contribution in [0.25, 0.3) is 0 Å². The summed E-state index contributed by atoms with van der Waals surface area (Å²) in [5, 5.41) is 0. The van der Waals surface area contributed by atoms with Gasteiger partial charge in [-0.05, 0) is 65.1 Å². The zero-order valence-corrected chi connectivity index (χ0v) is 40.3. The number of ether oxygens (including phenoxy) is 2. The summed E-state index contributed by atoms with van der Waals surface area (Å²) in [5.74, 6) is 0.980. The van der Waals surface area contributed by atoms with Crippen molar-refractivity contribution >= 4 is 0 Å². The summed E-state index contributed by atoms with van der Waals surface area (Å²) in [6.45, 7) is 22.7. The lowest BCUT2D eigenvalue weighted by molar-refractivity contribution is 0.000741. The molecule has 1 aliphatic heterocycles. The molecule has 0 bridgehead atoms. The molecule has 0 N–H and O–H groups in total. The van der Waals surface area contributed by atoms with Crippen molar-refractivity contribution in [3.63, 3.8) is 0 Å². The van der Waals surface area contributed by atoms with E-state index < -0.39 is 0 Å². The van der Waals surface area contributed by atoms with E-state index in [1.165, 1.54) is 251 Å². The first-order valence-corrected chi connectivity index (χ1v) is 26.4. The van der Waals surface area contributed by atoms with Gasteiger partial charge in [-0.2, -0.15) is 0 Å². The Morgan fingerprint density at radius 2 is 0.825 bits per heavy atom. The van der Waals surface area contributed by atoms with Crippen LogP contribution in [-0.2, 0) is 9.47 Å². The summed E-state index contributed by atoms with van der Waals surface area (Å²) in [6.07, 6.45) is 46.6. The molecule has 0 aliphatic carbocycles. The Morgan fingerprint density at radius 3 is 1.30 bits per heavy atom. The molecule has 3 atom stereocenters. The molecule has 1 rings (SSSR count). The van der Waals surface area contributed by atoms with Crippen LogP contribution >= 0.6 is 0 Å². The number of likely N-dealkylation sites (N-methyl/N-ethyl adjacent to an activating group) is 1. The molecule has 1 saturated heterocycles. The number of rotatable bonds is 45. The van der Waals surface area contributed by atoms with Crippen LogP contribution in [0.3, 0.4) is 0 Å². The smallest absolute Gasteiger partial charge is 0.0828 e. The van der Waals surface area contributed by atoms with Crippen molar-refractivity contribution in [1.82, 2.24) is 14.7 Å². The molecule has 1 heterocycles. The van der Waals surface area contributed by atoms with Crippen LogP contribution in [0.2, 0.25) is 0 Å². The number of nitrogens with zero attached hydrogens (tertiary/aromatic N) is 3. The minimum absolute atomic E-state index is 0.322. The second-order valence-electron chi connectivity index (χ2n) is 18.8. The molecule has 1 aliphatic rings. The van der Waals surface area contributed by atoms with Gasteiger partial charge in [0.15, 0.2) is 0 Å². The number of unbranched alkanes of at least 4 members (excludes halogenated alkanes) is 22. The number of hydrogen-bond donors (Lipinski definition) is 0. The molecular formula is C52H107N3O2. The minimum Gasteiger partial charge on any atom is -0.378 e. The van der Waals surface area contributed by atoms with Crippen molar-refractivity contribution in [3.8, 4) is 0 Å². The Balaban J connectivity index is 2.56. The molecular weight excluding hydrogens is 699 g/mol. The largest absolute Gasteiger partial charge is 0.378 e. The zero-order valence-electron chi connectivity index (χ0n) is 40.3. The summed E-state index contributed by atoms with van der Waals surface area (Å²) < 4.78 is 13.0.